The summed E-state index contributed by atoms with van der Waals surface area (Å²) in [5.41, 5.74) is 1.18. The Morgan fingerprint density at radius 3 is 2.73 bits per heavy atom. The first kappa shape index (κ1) is 15.7. The minimum atomic E-state index is -0.928. The van der Waals surface area contributed by atoms with Crippen LogP contribution in [-0.4, -0.2) is 69.0 Å². The van der Waals surface area contributed by atoms with Crippen LogP contribution in [0, 0.1) is 5.92 Å². The molecule has 2 heterocycles. The molecule has 2 aromatic rings. The van der Waals surface area contributed by atoms with Crippen molar-refractivity contribution in [2.75, 3.05) is 32.1 Å². The normalized spacial score (nSPS) is 12.1. The van der Waals surface area contributed by atoms with Crippen LogP contribution < -0.4 is 4.90 Å². The molecule has 9 nitrogen and oxygen atoms in total. The fourth-order valence-corrected chi connectivity index (χ4v) is 2.03. The fourth-order valence-electron chi connectivity index (χ4n) is 2.03. The number of aliphatic carboxylic acids is 1. The molecule has 0 spiro atoms. The molecule has 1 unspecified atom stereocenters. The van der Waals surface area contributed by atoms with Crippen LogP contribution in [0.15, 0.2) is 12.7 Å². The number of fused-ring (bicyclic) bond motifs is 1. The van der Waals surface area contributed by atoms with Crippen molar-refractivity contribution in [3.8, 4) is 0 Å². The van der Waals surface area contributed by atoms with Crippen molar-refractivity contribution in [3.63, 3.8) is 0 Å². The Balaban J connectivity index is 2.05. The van der Waals surface area contributed by atoms with E-state index in [9.17, 15) is 9.59 Å². The van der Waals surface area contributed by atoms with E-state index in [1.165, 1.54) is 17.6 Å². The van der Waals surface area contributed by atoms with Gasteiger partial charge in [-0.25, -0.2) is 15.0 Å². The molecule has 2 rings (SSSR count). The highest BCUT2D eigenvalue weighted by molar-refractivity contribution is 5.87. The third-order valence-corrected chi connectivity index (χ3v) is 3.33. The number of aromatic nitrogens is 4. The maximum atomic E-state index is 12.2. The van der Waals surface area contributed by atoms with Crippen molar-refractivity contribution in [3.05, 3.63) is 12.7 Å². The second-order valence-corrected chi connectivity index (χ2v) is 5.17. The zero-order chi connectivity index (χ0) is 16.3. The molecule has 1 atom stereocenters. The molecular formula is C13H18N6O3. The number of imidazole rings is 1. The molecule has 0 aromatic carbocycles. The third-order valence-electron chi connectivity index (χ3n) is 3.33. The minimum absolute atomic E-state index is 0.0774. The van der Waals surface area contributed by atoms with Gasteiger partial charge in [0.05, 0.1) is 18.8 Å². The van der Waals surface area contributed by atoms with Crippen LogP contribution in [0.2, 0.25) is 0 Å². The van der Waals surface area contributed by atoms with Gasteiger partial charge in [0, 0.05) is 20.6 Å². The first-order valence-electron chi connectivity index (χ1n) is 6.72. The van der Waals surface area contributed by atoms with Gasteiger partial charge in [0.1, 0.15) is 11.8 Å². The summed E-state index contributed by atoms with van der Waals surface area (Å²) >= 11 is 0. The number of anilines is 1. The molecular weight excluding hydrogens is 288 g/mol. The molecule has 0 aliphatic rings. The lowest BCUT2D eigenvalue weighted by molar-refractivity contribution is -0.142. The Hall–Kier alpha value is -2.71. The highest BCUT2D eigenvalue weighted by Gasteiger charge is 2.20. The number of rotatable bonds is 6. The van der Waals surface area contributed by atoms with Crippen molar-refractivity contribution >= 4 is 28.9 Å². The lowest BCUT2D eigenvalue weighted by Gasteiger charge is -2.23. The highest BCUT2D eigenvalue weighted by atomic mass is 16.4. The van der Waals surface area contributed by atoms with Gasteiger partial charge in [-0.2, -0.15) is 0 Å². The summed E-state index contributed by atoms with van der Waals surface area (Å²) in [4.78, 5) is 41.3. The SMILES string of the molecule is CC(CN(C)C(=O)CN(C)c1ncnc2nc[nH]c12)C(=O)O. The fraction of sp³-hybridized carbons (Fsp3) is 0.462. The quantitative estimate of drug-likeness (QED) is 0.769. The number of carbonyl (C=O) groups is 2. The van der Waals surface area contributed by atoms with Crippen LogP contribution in [0.25, 0.3) is 11.2 Å². The van der Waals surface area contributed by atoms with E-state index >= 15 is 0 Å². The number of H-pyrrole nitrogens is 1. The van der Waals surface area contributed by atoms with E-state index < -0.39 is 11.9 Å². The first-order valence-corrected chi connectivity index (χ1v) is 6.72. The maximum Gasteiger partial charge on any atom is 0.308 e. The number of aromatic amines is 1. The standard InChI is InChI=1S/C13H18N6O3/c1-8(13(21)22)4-18(2)9(20)5-19(3)12-10-11(15-6-14-10)16-7-17-12/h6-8H,4-5H2,1-3H3,(H,21,22)(H,14,15,16,17). The molecule has 2 N–H and O–H groups in total. The number of amides is 1. The number of carboxylic acids is 1. The smallest absolute Gasteiger partial charge is 0.308 e. The minimum Gasteiger partial charge on any atom is -0.481 e. The number of hydrogen-bond acceptors (Lipinski definition) is 6. The summed E-state index contributed by atoms with van der Waals surface area (Å²) in [6.45, 7) is 1.80. The van der Waals surface area contributed by atoms with E-state index in [0.717, 1.165) is 0 Å². The summed E-state index contributed by atoms with van der Waals surface area (Å²) in [7, 11) is 3.32. The molecule has 0 radical (unpaired) electrons. The highest BCUT2D eigenvalue weighted by Crippen LogP contribution is 2.18. The van der Waals surface area contributed by atoms with Crippen LogP contribution in [0.5, 0.6) is 0 Å². The van der Waals surface area contributed by atoms with Gasteiger partial charge in [-0.05, 0) is 0 Å². The average Bonchev–Trinajstić information content (AvgIpc) is 2.94. The van der Waals surface area contributed by atoms with Gasteiger partial charge in [-0.3, -0.25) is 9.59 Å². The Labute approximate surface area is 127 Å². The number of carboxylic acid groups (broad SMARTS) is 1. The number of nitrogens with zero attached hydrogens (tertiary/aromatic N) is 5. The zero-order valence-corrected chi connectivity index (χ0v) is 12.6. The zero-order valence-electron chi connectivity index (χ0n) is 12.6. The third kappa shape index (κ3) is 3.30. The van der Waals surface area contributed by atoms with Gasteiger partial charge in [0.25, 0.3) is 0 Å². The predicted molar refractivity (Wildman–Crippen MR) is 79.4 cm³/mol. The number of likely N-dealkylation sites (N-methyl/N-ethyl adjacent to an activating group) is 2. The molecule has 0 fully saturated rings. The van der Waals surface area contributed by atoms with E-state index in [0.29, 0.717) is 17.0 Å². The second-order valence-electron chi connectivity index (χ2n) is 5.17. The summed E-state index contributed by atoms with van der Waals surface area (Å²) < 4.78 is 0. The van der Waals surface area contributed by atoms with Gasteiger partial charge in [0.2, 0.25) is 5.91 Å². The largest absolute Gasteiger partial charge is 0.481 e. The van der Waals surface area contributed by atoms with Crippen LogP contribution >= 0.6 is 0 Å². The van der Waals surface area contributed by atoms with Crippen LogP contribution in [0.3, 0.4) is 0 Å². The molecule has 0 aliphatic carbocycles. The van der Waals surface area contributed by atoms with Gasteiger partial charge in [0.15, 0.2) is 11.5 Å². The topological polar surface area (TPSA) is 115 Å². The number of nitrogens with one attached hydrogen (secondary N) is 1. The molecule has 2 aromatic heterocycles. The molecule has 1 amide bonds. The summed E-state index contributed by atoms with van der Waals surface area (Å²) in [5.74, 6) is -1.17. The maximum absolute atomic E-state index is 12.2. The number of hydrogen-bond donors (Lipinski definition) is 2. The van der Waals surface area contributed by atoms with Gasteiger partial charge >= 0.3 is 5.97 Å². The Morgan fingerprint density at radius 2 is 2.05 bits per heavy atom. The van der Waals surface area contributed by atoms with Crippen LogP contribution in [0.4, 0.5) is 5.82 Å². The van der Waals surface area contributed by atoms with Crippen molar-refractivity contribution in [2.45, 2.75) is 6.92 Å². The van der Waals surface area contributed by atoms with E-state index in [2.05, 4.69) is 19.9 Å². The average molecular weight is 306 g/mol. The second kappa shape index (κ2) is 6.37. The van der Waals surface area contributed by atoms with Crippen molar-refractivity contribution in [1.82, 2.24) is 24.8 Å². The lowest BCUT2D eigenvalue weighted by Crippen LogP contribution is -2.40. The van der Waals surface area contributed by atoms with Gasteiger partial charge in [-0.1, -0.05) is 6.92 Å². The molecule has 0 saturated carbocycles. The van der Waals surface area contributed by atoms with Gasteiger partial charge < -0.3 is 19.9 Å². The van der Waals surface area contributed by atoms with E-state index in [1.54, 1.807) is 25.9 Å². The first-order chi connectivity index (χ1) is 10.4. The van der Waals surface area contributed by atoms with Crippen molar-refractivity contribution in [2.24, 2.45) is 5.92 Å². The molecule has 118 valence electrons. The van der Waals surface area contributed by atoms with Crippen LogP contribution in [-0.2, 0) is 9.59 Å². The van der Waals surface area contributed by atoms with E-state index in [4.69, 9.17) is 5.11 Å². The monoisotopic (exact) mass is 306 g/mol. The van der Waals surface area contributed by atoms with E-state index in [1.807, 2.05) is 0 Å². The molecule has 0 saturated heterocycles. The summed E-state index contributed by atoms with van der Waals surface area (Å²) in [6, 6.07) is 0. The molecule has 0 bridgehead atoms. The number of carbonyl (C=O) groups excluding carboxylic acids is 1. The lowest BCUT2D eigenvalue weighted by atomic mass is 10.2. The Kier molecular flexibility index (Phi) is 4.54. The summed E-state index contributed by atoms with van der Waals surface area (Å²) in [6.07, 6.45) is 2.90. The van der Waals surface area contributed by atoms with Gasteiger partial charge in [-0.15, -0.1) is 0 Å². The predicted octanol–water partition coefficient (Wildman–Crippen LogP) is -0.0318. The molecule has 22 heavy (non-hydrogen) atoms. The van der Waals surface area contributed by atoms with Crippen molar-refractivity contribution < 1.29 is 14.7 Å². The Morgan fingerprint density at radius 1 is 1.32 bits per heavy atom. The van der Waals surface area contributed by atoms with Crippen LogP contribution in [0.1, 0.15) is 6.92 Å². The molecule has 0 aliphatic heterocycles. The van der Waals surface area contributed by atoms with Crippen molar-refractivity contribution in [1.29, 1.82) is 0 Å². The Bertz CT molecular complexity index is 685. The molecule has 9 heteroatoms. The summed E-state index contributed by atoms with van der Waals surface area (Å²) in [5, 5.41) is 8.89. The van der Waals surface area contributed by atoms with E-state index in [-0.39, 0.29) is 19.0 Å².